The van der Waals surface area contributed by atoms with Crippen molar-refractivity contribution >= 4 is 11.9 Å². The third-order valence-electron chi connectivity index (χ3n) is 3.01. The van der Waals surface area contributed by atoms with Crippen molar-refractivity contribution in [2.24, 2.45) is 7.05 Å². The molecule has 1 aromatic carbocycles. The minimum absolute atomic E-state index is 0.0297. The van der Waals surface area contributed by atoms with Crippen molar-refractivity contribution in [2.75, 3.05) is 0 Å². The van der Waals surface area contributed by atoms with Crippen molar-refractivity contribution in [1.82, 2.24) is 4.57 Å². The second kappa shape index (κ2) is 5.50. The van der Waals surface area contributed by atoms with Crippen LogP contribution in [0.4, 0.5) is 0 Å². The van der Waals surface area contributed by atoms with Crippen molar-refractivity contribution in [3.8, 4) is 0 Å². The predicted octanol–water partition coefficient (Wildman–Crippen LogP) is 3.48. The highest BCUT2D eigenvalue weighted by Crippen LogP contribution is 2.08. The molecule has 1 aromatic heterocycles. The summed E-state index contributed by atoms with van der Waals surface area (Å²) in [5.74, 6) is 0.0297. The number of carbonyl (C=O) groups is 1. The highest BCUT2D eigenvalue weighted by Gasteiger charge is 2.04. The van der Waals surface area contributed by atoms with E-state index >= 15 is 0 Å². The summed E-state index contributed by atoms with van der Waals surface area (Å²) in [6.45, 7) is 2.13. The maximum atomic E-state index is 11.9. The Labute approximate surface area is 108 Å². The van der Waals surface area contributed by atoms with Crippen LogP contribution in [0.5, 0.6) is 0 Å². The Morgan fingerprint density at radius 2 is 1.94 bits per heavy atom. The van der Waals surface area contributed by atoms with Crippen LogP contribution < -0.4 is 0 Å². The van der Waals surface area contributed by atoms with Crippen LogP contribution in [-0.4, -0.2) is 10.4 Å². The van der Waals surface area contributed by atoms with E-state index in [4.69, 9.17) is 0 Å². The van der Waals surface area contributed by atoms with Gasteiger partial charge >= 0.3 is 0 Å². The average Bonchev–Trinajstić information content (AvgIpc) is 2.83. The highest BCUT2D eigenvalue weighted by molar-refractivity contribution is 6.05. The standard InChI is InChI=1S/C16H17NO/c1-3-13-6-8-14(9-7-13)10-11-16(18)15-5-4-12-17(15)2/h4-12H,3H2,1-2H3/b11-10+. The van der Waals surface area contributed by atoms with Crippen molar-refractivity contribution in [3.63, 3.8) is 0 Å². The maximum Gasteiger partial charge on any atom is 0.202 e. The van der Waals surface area contributed by atoms with Crippen molar-refractivity contribution < 1.29 is 4.79 Å². The van der Waals surface area contributed by atoms with Crippen LogP contribution in [0.1, 0.15) is 28.5 Å². The molecule has 2 heteroatoms. The first-order valence-corrected chi connectivity index (χ1v) is 6.13. The van der Waals surface area contributed by atoms with Gasteiger partial charge in [0, 0.05) is 13.2 Å². The second-order valence-corrected chi connectivity index (χ2v) is 4.30. The number of allylic oxidation sites excluding steroid dienone is 1. The molecule has 0 fully saturated rings. The van der Waals surface area contributed by atoms with E-state index in [0.717, 1.165) is 12.0 Å². The van der Waals surface area contributed by atoms with Gasteiger partial charge in [-0.1, -0.05) is 37.3 Å². The van der Waals surface area contributed by atoms with Gasteiger partial charge in [-0.25, -0.2) is 0 Å². The van der Waals surface area contributed by atoms with Crippen LogP contribution in [0.3, 0.4) is 0 Å². The number of carbonyl (C=O) groups excluding carboxylic acids is 1. The van der Waals surface area contributed by atoms with E-state index in [1.165, 1.54) is 5.56 Å². The van der Waals surface area contributed by atoms with Crippen LogP contribution in [0, 0.1) is 0 Å². The molecule has 0 aliphatic heterocycles. The fourth-order valence-electron chi connectivity index (χ4n) is 1.84. The summed E-state index contributed by atoms with van der Waals surface area (Å²) >= 11 is 0. The van der Waals surface area contributed by atoms with Crippen LogP contribution >= 0.6 is 0 Å². The minimum atomic E-state index is 0.0297. The molecule has 2 nitrogen and oxygen atoms in total. The third-order valence-corrected chi connectivity index (χ3v) is 3.01. The zero-order valence-corrected chi connectivity index (χ0v) is 10.8. The Balaban J connectivity index is 2.11. The van der Waals surface area contributed by atoms with Gasteiger partial charge in [0.2, 0.25) is 5.78 Å². The van der Waals surface area contributed by atoms with E-state index in [0.29, 0.717) is 5.69 Å². The number of aromatic nitrogens is 1. The van der Waals surface area contributed by atoms with Gasteiger partial charge in [0.25, 0.3) is 0 Å². The molecule has 0 aliphatic rings. The van der Waals surface area contributed by atoms with Crippen LogP contribution in [0.15, 0.2) is 48.7 Å². The van der Waals surface area contributed by atoms with E-state index < -0.39 is 0 Å². The van der Waals surface area contributed by atoms with Gasteiger partial charge in [-0.3, -0.25) is 4.79 Å². The Bertz CT molecular complexity index is 561. The van der Waals surface area contributed by atoms with E-state index in [1.54, 1.807) is 6.08 Å². The van der Waals surface area contributed by atoms with Crippen molar-refractivity contribution in [3.05, 3.63) is 65.5 Å². The molecule has 0 bridgehead atoms. The quantitative estimate of drug-likeness (QED) is 0.591. The van der Waals surface area contributed by atoms with Gasteiger partial charge in [-0.2, -0.15) is 0 Å². The lowest BCUT2D eigenvalue weighted by Gasteiger charge is -1.99. The molecular formula is C16H17NO. The summed E-state index contributed by atoms with van der Waals surface area (Å²) in [7, 11) is 1.87. The molecule has 0 aliphatic carbocycles. The van der Waals surface area contributed by atoms with Gasteiger partial charge in [0.05, 0.1) is 5.69 Å². The molecule has 0 saturated carbocycles. The Hall–Kier alpha value is -2.09. The van der Waals surface area contributed by atoms with Gasteiger partial charge in [0.1, 0.15) is 0 Å². The lowest BCUT2D eigenvalue weighted by atomic mass is 10.1. The summed E-state index contributed by atoms with van der Waals surface area (Å²) in [5, 5.41) is 0. The summed E-state index contributed by atoms with van der Waals surface area (Å²) in [6, 6.07) is 11.9. The number of hydrogen-bond donors (Lipinski definition) is 0. The maximum absolute atomic E-state index is 11.9. The highest BCUT2D eigenvalue weighted by atomic mass is 16.1. The minimum Gasteiger partial charge on any atom is -0.348 e. The number of benzene rings is 1. The molecule has 0 saturated heterocycles. The largest absolute Gasteiger partial charge is 0.348 e. The molecule has 2 aromatic rings. The summed E-state index contributed by atoms with van der Waals surface area (Å²) in [5.41, 5.74) is 3.06. The van der Waals surface area contributed by atoms with Crippen molar-refractivity contribution in [1.29, 1.82) is 0 Å². The number of hydrogen-bond acceptors (Lipinski definition) is 1. The van der Waals surface area contributed by atoms with Gasteiger partial charge in [0.15, 0.2) is 0 Å². The Kier molecular flexibility index (Phi) is 3.78. The third kappa shape index (κ3) is 2.77. The van der Waals surface area contributed by atoms with Crippen LogP contribution in [0.25, 0.3) is 6.08 Å². The average molecular weight is 239 g/mol. The molecule has 0 unspecified atom stereocenters. The van der Waals surface area contributed by atoms with Crippen LogP contribution in [0.2, 0.25) is 0 Å². The fourth-order valence-corrected chi connectivity index (χ4v) is 1.84. The Morgan fingerprint density at radius 3 is 2.50 bits per heavy atom. The zero-order valence-electron chi connectivity index (χ0n) is 10.8. The van der Waals surface area contributed by atoms with E-state index in [9.17, 15) is 4.79 Å². The normalized spacial score (nSPS) is 11.0. The summed E-state index contributed by atoms with van der Waals surface area (Å²) in [6.07, 6.45) is 6.38. The SMILES string of the molecule is CCc1ccc(/C=C/C(=O)c2cccn2C)cc1. The fraction of sp³-hybridized carbons (Fsp3) is 0.188. The van der Waals surface area contributed by atoms with Gasteiger partial charge in [-0.15, -0.1) is 0 Å². The van der Waals surface area contributed by atoms with Crippen molar-refractivity contribution in [2.45, 2.75) is 13.3 Å². The number of ketones is 1. The first-order chi connectivity index (χ1) is 8.70. The second-order valence-electron chi connectivity index (χ2n) is 4.30. The molecule has 92 valence electrons. The summed E-state index contributed by atoms with van der Waals surface area (Å²) in [4.78, 5) is 11.9. The lowest BCUT2D eigenvalue weighted by molar-refractivity contribution is 0.104. The molecule has 18 heavy (non-hydrogen) atoms. The number of nitrogens with zero attached hydrogens (tertiary/aromatic N) is 1. The summed E-state index contributed by atoms with van der Waals surface area (Å²) < 4.78 is 1.83. The van der Waals surface area contributed by atoms with Gasteiger partial charge < -0.3 is 4.57 Å². The smallest absolute Gasteiger partial charge is 0.202 e. The van der Waals surface area contributed by atoms with E-state index in [-0.39, 0.29) is 5.78 Å². The topological polar surface area (TPSA) is 22.0 Å². The number of rotatable bonds is 4. The molecule has 0 N–H and O–H groups in total. The zero-order chi connectivity index (χ0) is 13.0. The molecular weight excluding hydrogens is 222 g/mol. The van der Waals surface area contributed by atoms with E-state index in [2.05, 4.69) is 19.1 Å². The number of aryl methyl sites for hydroxylation is 2. The van der Waals surface area contributed by atoms with E-state index in [1.807, 2.05) is 48.2 Å². The molecule has 2 rings (SSSR count). The Morgan fingerprint density at radius 1 is 1.22 bits per heavy atom. The predicted molar refractivity (Wildman–Crippen MR) is 74.6 cm³/mol. The first-order valence-electron chi connectivity index (χ1n) is 6.13. The monoisotopic (exact) mass is 239 g/mol. The first kappa shape index (κ1) is 12.4. The van der Waals surface area contributed by atoms with Gasteiger partial charge in [-0.05, 0) is 35.8 Å². The molecule has 0 amide bonds. The molecule has 1 heterocycles. The lowest BCUT2D eigenvalue weighted by Crippen LogP contribution is -2.01. The molecule has 0 radical (unpaired) electrons. The van der Waals surface area contributed by atoms with Crippen LogP contribution in [-0.2, 0) is 13.5 Å². The molecule has 0 atom stereocenters. The molecule has 0 spiro atoms.